The van der Waals surface area contributed by atoms with Gasteiger partial charge in [0.25, 0.3) is 5.91 Å². The van der Waals surface area contributed by atoms with E-state index in [1.54, 1.807) is 36.9 Å². The largest absolute Gasteiger partial charge is 0.472 e. The number of carbonyl (C=O) groups excluding carboxylic acids is 1. The summed E-state index contributed by atoms with van der Waals surface area (Å²) in [5.41, 5.74) is 4.20. The van der Waals surface area contributed by atoms with Crippen molar-refractivity contribution in [3.05, 3.63) is 84.3 Å². The summed E-state index contributed by atoms with van der Waals surface area (Å²) in [5, 5.41) is 9.62. The molecule has 0 atom stereocenters. The smallest absolute Gasteiger partial charge is 0.269 e. The number of amides is 1. The van der Waals surface area contributed by atoms with Crippen molar-refractivity contribution in [3.63, 3.8) is 0 Å². The first-order chi connectivity index (χ1) is 13.2. The van der Waals surface area contributed by atoms with E-state index in [0.29, 0.717) is 17.9 Å². The minimum atomic E-state index is -0.320. The van der Waals surface area contributed by atoms with Gasteiger partial charge in [0.05, 0.1) is 23.9 Å². The summed E-state index contributed by atoms with van der Waals surface area (Å²) in [7, 11) is 0. The Morgan fingerprint density at radius 1 is 1.07 bits per heavy atom. The molecule has 27 heavy (non-hydrogen) atoms. The van der Waals surface area contributed by atoms with Gasteiger partial charge in [-0.1, -0.05) is 6.07 Å². The van der Waals surface area contributed by atoms with Gasteiger partial charge in [-0.2, -0.15) is 5.10 Å². The molecule has 4 rings (SSSR count). The van der Waals surface area contributed by atoms with E-state index in [4.69, 9.17) is 4.42 Å². The van der Waals surface area contributed by atoms with Crippen LogP contribution in [0.1, 0.15) is 16.1 Å². The van der Waals surface area contributed by atoms with Gasteiger partial charge >= 0.3 is 0 Å². The number of rotatable bonds is 5. The molecule has 0 spiro atoms. The number of aromatic amines is 1. The molecule has 3 aromatic heterocycles. The first kappa shape index (κ1) is 16.7. The van der Waals surface area contributed by atoms with Gasteiger partial charge in [0, 0.05) is 23.9 Å². The topological polar surface area (TPSA) is 83.8 Å². The van der Waals surface area contributed by atoms with E-state index in [9.17, 15) is 9.18 Å². The molecular weight excluding hydrogens is 347 g/mol. The number of H-pyrrole nitrogens is 1. The molecule has 0 aliphatic rings. The lowest BCUT2D eigenvalue weighted by Gasteiger charge is -2.04. The molecule has 3 heterocycles. The van der Waals surface area contributed by atoms with Crippen LogP contribution in [0.3, 0.4) is 0 Å². The molecule has 0 radical (unpaired) electrons. The Morgan fingerprint density at radius 3 is 2.63 bits per heavy atom. The summed E-state index contributed by atoms with van der Waals surface area (Å²) < 4.78 is 18.0. The Balaban J connectivity index is 1.39. The van der Waals surface area contributed by atoms with Crippen LogP contribution in [-0.2, 0) is 6.54 Å². The minimum absolute atomic E-state index is 0.283. The third kappa shape index (κ3) is 3.77. The number of nitrogens with one attached hydrogen (secondary N) is 2. The number of furan rings is 1. The van der Waals surface area contributed by atoms with Crippen LogP contribution in [0.15, 0.2) is 71.7 Å². The van der Waals surface area contributed by atoms with Crippen molar-refractivity contribution in [1.29, 1.82) is 0 Å². The second-order valence-electron chi connectivity index (χ2n) is 5.92. The first-order valence-corrected chi connectivity index (χ1v) is 8.26. The van der Waals surface area contributed by atoms with Crippen molar-refractivity contribution in [3.8, 4) is 22.5 Å². The number of nitrogens with zero attached hydrogens (tertiary/aromatic N) is 2. The van der Waals surface area contributed by atoms with Gasteiger partial charge in [-0.25, -0.2) is 4.39 Å². The first-order valence-electron chi connectivity index (χ1n) is 8.26. The predicted octanol–water partition coefficient (Wildman–Crippen LogP) is 3.80. The van der Waals surface area contributed by atoms with Gasteiger partial charge in [0.2, 0.25) is 0 Å². The lowest BCUT2D eigenvalue weighted by Crippen LogP contribution is -2.23. The fourth-order valence-electron chi connectivity index (χ4n) is 2.59. The zero-order valence-electron chi connectivity index (χ0n) is 14.1. The molecule has 0 aliphatic heterocycles. The lowest BCUT2D eigenvalue weighted by molar-refractivity contribution is 0.0946. The van der Waals surface area contributed by atoms with Gasteiger partial charge < -0.3 is 9.73 Å². The van der Waals surface area contributed by atoms with Crippen LogP contribution in [0.4, 0.5) is 4.39 Å². The molecule has 6 nitrogen and oxygen atoms in total. The number of benzene rings is 1. The van der Waals surface area contributed by atoms with Crippen molar-refractivity contribution in [2.75, 3.05) is 0 Å². The van der Waals surface area contributed by atoms with E-state index in [1.165, 1.54) is 12.1 Å². The maximum atomic E-state index is 13.0. The molecule has 0 fully saturated rings. The average molecular weight is 362 g/mol. The molecule has 0 saturated carbocycles. The van der Waals surface area contributed by atoms with Crippen molar-refractivity contribution in [2.45, 2.75) is 6.54 Å². The summed E-state index contributed by atoms with van der Waals surface area (Å²) in [4.78, 5) is 16.7. The molecule has 2 N–H and O–H groups in total. The van der Waals surface area contributed by atoms with E-state index in [1.807, 2.05) is 18.2 Å². The summed E-state index contributed by atoms with van der Waals surface area (Å²) in [6.45, 7) is 0.336. The fourth-order valence-corrected chi connectivity index (χ4v) is 2.59. The van der Waals surface area contributed by atoms with E-state index in [2.05, 4.69) is 20.5 Å². The number of hydrogen-bond donors (Lipinski definition) is 2. The molecule has 7 heteroatoms. The molecule has 4 aromatic rings. The van der Waals surface area contributed by atoms with Crippen LogP contribution in [0.2, 0.25) is 0 Å². The highest BCUT2D eigenvalue weighted by Crippen LogP contribution is 2.19. The Labute approximate surface area is 154 Å². The van der Waals surface area contributed by atoms with Crippen molar-refractivity contribution in [2.24, 2.45) is 0 Å². The van der Waals surface area contributed by atoms with Crippen molar-refractivity contribution < 1.29 is 13.6 Å². The molecule has 134 valence electrons. The van der Waals surface area contributed by atoms with E-state index in [-0.39, 0.29) is 11.7 Å². The number of aromatic nitrogens is 3. The average Bonchev–Trinajstić information content (AvgIpc) is 3.39. The highest BCUT2D eigenvalue weighted by atomic mass is 19.1. The third-order valence-electron chi connectivity index (χ3n) is 4.06. The zero-order valence-corrected chi connectivity index (χ0v) is 14.1. The standard InChI is InChI=1S/C20H15FN4O2/c21-16-4-2-14(3-5-16)18-9-19(25-24-18)20(26)23-11-13-1-6-17(22-10-13)15-7-8-27-12-15/h1-10,12H,11H2,(H,23,26)(H,24,25). The molecule has 0 aliphatic carbocycles. The van der Waals surface area contributed by atoms with Crippen molar-refractivity contribution >= 4 is 5.91 Å². The van der Waals surface area contributed by atoms with E-state index in [0.717, 1.165) is 22.4 Å². The third-order valence-corrected chi connectivity index (χ3v) is 4.06. The van der Waals surface area contributed by atoms with Crippen LogP contribution in [0.25, 0.3) is 22.5 Å². The van der Waals surface area contributed by atoms with Crippen LogP contribution >= 0.6 is 0 Å². The van der Waals surface area contributed by atoms with Gasteiger partial charge in [-0.05, 0) is 48.0 Å². The predicted molar refractivity (Wildman–Crippen MR) is 97.1 cm³/mol. The van der Waals surface area contributed by atoms with Crippen LogP contribution in [0, 0.1) is 5.82 Å². The number of carbonyl (C=O) groups is 1. The highest BCUT2D eigenvalue weighted by Gasteiger charge is 2.11. The normalized spacial score (nSPS) is 10.7. The highest BCUT2D eigenvalue weighted by molar-refractivity contribution is 5.93. The van der Waals surface area contributed by atoms with Crippen molar-refractivity contribution in [1.82, 2.24) is 20.5 Å². The fraction of sp³-hybridized carbons (Fsp3) is 0.0500. The molecule has 0 saturated heterocycles. The van der Waals surface area contributed by atoms with Gasteiger partial charge in [0.15, 0.2) is 0 Å². The van der Waals surface area contributed by atoms with E-state index < -0.39 is 0 Å². The molecule has 0 unspecified atom stereocenters. The van der Waals surface area contributed by atoms with Gasteiger partial charge in [-0.3, -0.25) is 14.9 Å². The SMILES string of the molecule is O=C(NCc1ccc(-c2ccoc2)nc1)c1cc(-c2ccc(F)cc2)n[nH]1. The molecule has 0 bridgehead atoms. The maximum absolute atomic E-state index is 13.0. The lowest BCUT2D eigenvalue weighted by atomic mass is 10.1. The monoisotopic (exact) mass is 362 g/mol. The van der Waals surface area contributed by atoms with Crippen LogP contribution in [0.5, 0.6) is 0 Å². The molecule has 1 amide bonds. The number of pyridine rings is 1. The second kappa shape index (κ2) is 7.25. The number of halogens is 1. The quantitative estimate of drug-likeness (QED) is 0.566. The Kier molecular flexibility index (Phi) is 4.49. The summed E-state index contributed by atoms with van der Waals surface area (Å²) >= 11 is 0. The number of hydrogen-bond acceptors (Lipinski definition) is 4. The second-order valence-corrected chi connectivity index (χ2v) is 5.92. The zero-order chi connectivity index (χ0) is 18.6. The maximum Gasteiger partial charge on any atom is 0.269 e. The van der Waals surface area contributed by atoms with Gasteiger partial charge in [-0.15, -0.1) is 0 Å². The summed E-state index contributed by atoms with van der Waals surface area (Å²) in [5.74, 6) is -0.602. The van der Waals surface area contributed by atoms with E-state index >= 15 is 0 Å². The van der Waals surface area contributed by atoms with Crippen LogP contribution < -0.4 is 5.32 Å². The minimum Gasteiger partial charge on any atom is -0.472 e. The molecule has 1 aromatic carbocycles. The molecular formula is C20H15FN4O2. The Hall–Kier alpha value is -3.74. The summed E-state index contributed by atoms with van der Waals surface area (Å²) in [6.07, 6.45) is 4.93. The van der Waals surface area contributed by atoms with Crippen LogP contribution in [-0.4, -0.2) is 21.1 Å². The Bertz CT molecular complexity index is 1040. The summed E-state index contributed by atoms with van der Waals surface area (Å²) in [6, 6.07) is 13.2. The van der Waals surface area contributed by atoms with Gasteiger partial charge in [0.1, 0.15) is 11.5 Å². The Morgan fingerprint density at radius 2 is 1.93 bits per heavy atom.